The number of hydrogen-bond acceptors (Lipinski definition) is 4. The first-order valence-corrected chi connectivity index (χ1v) is 6.96. The van der Waals surface area contributed by atoms with Gasteiger partial charge in [-0.05, 0) is 12.8 Å². The highest BCUT2D eigenvalue weighted by molar-refractivity contribution is 8.00. The molecule has 1 amide bonds. The zero-order valence-electron chi connectivity index (χ0n) is 10.2. The molecule has 6 heteroatoms. The van der Waals surface area contributed by atoms with Gasteiger partial charge in [0.1, 0.15) is 0 Å². The maximum Gasteiger partial charge on any atom is 0.313 e. The van der Waals surface area contributed by atoms with E-state index in [9.17, 15) is 9.59 Å². The third kappa shape index (κ3) is 13.2. The van der Waals surface area contributed by atoms with E-state index in [-0.39, 0.29) is 17.4 Å². The van der Waals surface area contributed by atoms with Gasteiger partial charge in [-0.2, -0.15) is 0 Å². The van der Waals surface area contributed by atoms with Crippen molar-refractivity contribution in [3.63, 3.8) is 0 Å². The molecule has 0 atom stereocenters. The van der Waals surface area contributed by atoms with Gasteiger partial charge in [0.05, 0.1) is 11.5 Å². The molecule has 0 radical (unpaired) electrons. The van der Waals surface area contributed by atoms with Crippen molar-refractivity contribution < 1.29 is 19.4 Å². The lowest BCUT2D eigenvalue weighted by Gasteiger charge is -2.05. The largest absolute Gasteiger partial charge is 0.481 e. The van der Waals surface area contributed by atoms with E-state index in [1.807, 2.05) is 0 Å². The number of rotatable bonds is 11. The van der Waals surface area contributed by atoms with Crippen LogP contribution >= 0.6 is 11.8 Å². The Morgan fingerprint density at radius 2 is 1.94 bits per heavy atom. The monoisotopic (exact) mass is 263 g/mol. The van der Waals surface area contributed by atoms with Crippen molar-refractivity contribution in [2.24, 2.45) is 0 Å². The molecule has 0 spiro atoms. The third-order valence-corrected chi connectivity index (χ3v) is 2.81. The molecule has 0 unspecified atom stereocenters. The van der Waals surface area contributed by atoms with Crippen molar-refractivity contribution >= 4 is 23.6 Å². The summed E-state index contributed by atoms with van der Waals surface area (Å²) in [6.45, 7) is 4.12. The van der Waals surface area contributed by atoms with E-state index >= 15 is 0 Å². The molecule has 0 aliphatic rings. The lowest BCUT2D eigenvalue weighted by atomic mass is 10.4. The Morgan fingerprint density at radius 1 is 1.24 bits per heavy atom. The molecular formula is C11H21NO4S. The number of thioether (sulfide) groups is 1. The van der Waals surface area contributed by atoms with Crippen molar-refractivity contribution in [3.05, 3.63) is 0 Å². The fourth-order valence-corrected chi connectivity index (χ4v) is 1.60. The lowest BCUT2D eigenvalue weighted by molar-refractivity contribution is -0.133. The van der Waals surface area contributed by atoms with Gasteiger partial charge < -0.3 is 15.2 Å². The van der Waals surface area contributed by atoms with Gasteiger partial charge in [-0.25, -0.2) is 0 Å². The molecule has 0 saturated carbocycles. The standard InChI is InChI=1S/C11H21NO4S/c1-2-3-6-16-7-4-5-12-10(13)8-17-9-11(14)15/h2-9H2,1H3,(H,12,13)(H,14,15). The number of nitrogens with one attached hydrogen (secondary N) is 1. The zero-order valence-corrected chi connectivity index (χ0v) is 11.1. The Bertz CT molecular complexity index is 224. The molecule has 0 aromatic carbocycles. The average molecular weight is 263 g/mol. The molecule has 0 rings (SSSR count). The summed E-state index contributed by atoms with van der Waals surface area (Å²) in [7, 11) is 0. The second-order valence-corrected chi connectivity index (χ2v) is 4.54. The number of carbonyl (C=O) groups excluding carboxylic acids is 1. The highest BCUT2D eigenvalue weighted by atomic mass is 32.2. The number of carboxylic acid groups (broad SMARTS) is 1. The van der Waals surface area contributed by atoms with Crippen LogP contribution in [-0.4, -0.2) is 48.2 Å². The Morgan fingerprint density at radius 3 is 2.59 bits per heavy atom. The minimum atomic E-state index is -0.896. The summed E-state index contributed by atoms with van der Waals surface area (Å²) in [5.74, 6) is -0.853. The Labute approximate surface area is 106 Å². The van der Waals surface area contributed by atoms with Crippen molar-refractivity contribution in [1.82, 2.24) is 5.32 Å². The lowest BCUT2D eigenvalue weighted by Crippen LogP contribution is -2.27. The molecule has 2 N–H and O–H groups in total. The minimum Gasteiger partial charge on any atom is -0.481 e. The average Bonchev–Trinajstić information content (AvgIpc) is 2.27. The molecular weight excluding hydrogens is 242 g/mol. The topological polar surface area (TPSA) is 75.6 Å². The number of amides is 1. The molecule has 100 valence electrons. The predicted octanol–water partition coefficient (Wildman–Crippen LogP) is 1.13. The fourth-order valence-electron chi connectivity index (χ4n) is 1.03. The van der Waals surface area contributed by atoms with Crippen LogP contribution in [0.25, 0.3) is 0 Å². The van der Waals surface area contributed by atoms with Gasteiger partial charge in [0, 0.05) is 19.8 Å². The van der Waals surface area contributed by atoms with E-state index in [4.69, 9.17) is 9.84 Å². The Balaban J connectivity index is 3.19. The van der Waals surface area contributed by atoms with Crippen LogP contribution in [0, 0.1) is 0 Å². The summed E-state index contributed by atoms with van der Waals surface area (Å²) in [6.07, 6.45) is 2.98. The van der Waals surface area contributed by atoms with Crippen molar-refractivity contribution in [1.29, 1.82) is 0 Å². The SMILES string of the molecule is CCCCOCCCNC(=O)CSCC(=O)O. The normalized spacial score (nSPS) is 10.2. The predicted molar refractivity (Wildman–Crippen MR) is 68.3 cm³/mol. The first-order chi connectivity index (χ1) is 8.16. The molecule has 0 aliphatic heterocycles. The summed E-state index contributed by atoms with van der Waals surface area (Å²) < 4.78 is 5.33. The second-order valence-electron chi connectivity index (χ2n) is 3.56. The number of unbranched alkanes of at least 4 members (excludes halogenated alkanes) is 1. The number of aliphatic carboxylic acids is 1. The number of hydrogen-bond donors (Lipinski definition) is 2. The van der Waals surface area contributed by atoms with E-state index in [2.05, 4.69) is 12.2 Å². The van der Waals surface area contributed by atoms with Crippen LogP contribution < -0.4 is 5.32 Å². The fraction of sp³-hybridized carbons (Fsp3) is 0.818. The maximum absolute atomic E-state index is 11.2. The van der Waals surface area contributed by atoms with E-state index in [0.29, 0.717) is 13.2 Å². The van der Waals surface area contributed by atoms with Gasteiger partial charge in [0.25, 0.3) is 0 Å². The first-order valence-electron chi connectivity index (χ1n) is 5.80. The van der Waals surface area contributed by atoms with Crippen LogP contribution in [0.2, 0.25) is 0 Å². The summed E-state index contributed by atoms with van der Waals surface area (Å²) in [5.41, 5.74) is 0. The van der Waals surface area contributed by atoms with Gasteiger partial charge in [0.15, 0.2) is 0 Å². The minimum absolute atomic E-state index is 0.0342. The third-order valence-electron chi connectivity index (χ3n) is 1.89. The molecule has 0 aromatic rings. The van der Waals surface area contributed by atoms with Crippen LogP contribution in [-0.2, 0) is 14.3 Å². The van der Waals surface area contributed by atoms with Crippen LogP contribution in [0.5, 0.6) is 0 Å². The van der Waals surface area contributed by atoms with Gasteiger partial charge in [-0.1, -0.05) is 13.3 Å². The van der Waals surface area contributed by atoms with Crippen LogP contribution in [0.15, 0.2) is 0 Å². The van der Waals surface area contributed by atoms with Crippen molar-refractivity contribution in [2.45, 2.75) is 26.2 Å². The quantitative estimate of drug-likeness (QED) is 0.546. The molecule has 0 aromatic heterocycles. The number of ether oxygens (including phenoxy) is 1. The summed E-state index contributed by atoms with van der Waals surface area (Å²) in [4.78, 5) is 21.4. The van der Waals surface area contributed by atoms with Crippen LogP contribution in [0.4, 0.5) is 0 Å². The molecule has 0 bridgehead atoms. The molecule has 5 nitrogen and oxygen atoms in total. The number of carboxylic acids is 1. The van der Waals surface area contributed by atoms with Gasteiger partial charge >= 0.3 is 5.97 Å². The highest BCUT2D eigenvalue weighted by Crippen LogP contribution is 1.98. The van der Waals surface area contributed by atoms with Gasteiger partial charge in [-0.3, -0.25) is 9.59 Å². The van der Waals surface area contributed by atoms with E-state index in [1.165, 1.54) is 0 Å². The Kier molecular flexibility index (Phi) is 11.2. The summed E-state index contributed by atoms with van der Waals surface area (Å²) in [5, 5.41) is 11.1. The highest BCUT2D eigenvalue weighted by Gasteiger charge is 2.03. The van der Waals surface area contributed by atoms with Crippen LogP contribution in [0.1, 0.15) is 26.2 Å². The molecule has 0 aliphatic carbocycles. The van der Waals surface area contributed by atoms with Crippen molar-refractivity contribution in [3.8, 4) is 0 Å². The molecule has 0 fully saturated rings. The molecule has 17 heavy (non-hydrogen) atoms. The second kappa shape index (κ2) is 11.7. The maximum atomic E-state index is 11.2. The smallest absolute Gasteiger partial charge is 0.313 e. The van der Waals surface area contributed by atoms with Gasteiger partial charge in [0.2, 0.25) is 5.91 Å². The number of carbonyl (C=O) groups is 2. The van der Waals surface area contributed by atoms with Crippen LogP contribution in [0.3, 0.4) is 0 Å². The zero-order chi connectivity index (χ0) is 12.9. The van der Waals surface area contributed by atoms with Crippen molar-refractivity contribution in [2.75, 3.05) is 31.3 Å². The van der Waals surface area contributed by atoms with Gasteiger partial charge in [-0.15, -0.1) is 11.8 Å². The first kappa shape index (κ1) is 16.2. The summed E-state index contributed by atoms with van der Waals surface area (Å²) in [6, 6.07) is 0. The molecule has 0 heterocycles. The van der Waals surface area contributed by atoms with E-state index in [1.54, 1.807) is 0 Å². The molecule has 0 saturated heterocycles. The van der Waals surface area contributed by atoms with E-state index < -0.39 is 5.97 Å². The summed E-state index contributed by atoms with van der Waals surface area (Å²) >= 11 is 1.10. The van der Waals surface area contributed by atoms with E-state index in [0.717, 1.165) is 37.6 Å². The Hall–Kier alpha value is -0.750.